The molecule has 7 nitrogen and oxygen atoms in total. The summed E-state index contributed by atoms with van der Waals surface area (Å²) in [6.45, 7) is 7.15. The number of nitrogens with zero attached hydrogens (tertiary/aromatic N) is 2. The topological polar surface area (TPSA) is 108 Å². The predicted molar refractivity (Wildman–Crippen MR) is 80.9 cm³/mol. The van der Waals surface area contributed by atoms with Crippen LogP contribution >= 0.6 is 11.3 Å². The Hall–Kier alpha value is -1.45. The molecule has 0 saturated carbocycles. The molecule has 0 bridgehead atoms. The zero-order chi connectivity index (χ0) is 15.8. The molecule has 0 aliphatic heterocycles. The van der Waals surface area contributed by atoms with Crippen LogP contribution in [0.3, 0.4) is 0 Å². The van der Waals surface area contributed by atoms with Crippen LogP contribution in [-0.2, 0) is 22.0 Å². The number of aromatic amines is 1. The lowest BCUT2D eigenvalue weighted by molar-refractivity contribution is 0.273. The maximum absolute atomic E-state index is 12.4. The van der Waals surface area contributed by atoms with Crippen LogP contribution in [-0.4, -0.2) is 28.7 Å². The summed E-state index contributed by atoms with van der Waals surface area (Å²) in [6, 6.07) is 0. The highest BCUT2D eigenvalue weighted by atomic mass is 32.2. The SMILES string of the molecule is Cc1[nH]nc(CO)c1S(=O)(=O)Nc1nc(C(C)(C)C)cs1. The lowest BCUT2D eigenvalue weighted by Gasteiger charge is -2.14. The van der Waals surface area contributed by atoms with E-state index in [0.717, 1.165) is 5.69 Å². The molecule has 2 aromatic heterocycles. The van der Waals surface area contributed by atoms with Gasteiger partial charge in [-0.25, -0.2) is 13.4 Å². The number of H-pyrrole nitrogens is 1. The summed E-state index contributed by atoms with van der Waals surface area (Å²) >= 11 is 1.23. The van der Waals surface area contributed by atoms with E-state index in [1.54, 1.807) is 6.92 Å². The van der Waals surface area contributed by atoms with Gasteiger partial charge in [-0.3, -0.25) is 9.82 Å². The average molecular weight is 330 g/mol. The standard InChI is InChI=1S/C12H18N4O3S2/c1-7-10(8(5-17)15-14-7)21(18,19)16-11-13-9(6-20-11)12(2,3)4/h6,17H,5H2,1-4H3,(H,13,16)(H,14,15). The third-order valence-corrected chi connectivity index (χ3v) is 5.30. The molecule has 0 aromatic carbocycles. The van der Waals surface area contributed by atoms with Crippen molar-refractivity contribution in [2.24, 2.45) is 0 Å². The highest BCUT2D eigenvalue weighted by Crippen LogP contribution is 2.28. The minimum Gasteiger partial charge on any atom is -0.390 e. The molecule has 0 aliphatic carbocycles. The van der Waals surface area contributed by atoms with E-state index in [2.05, 4.69) is 19.9 Å². The van der Waals surface area contributed by atoms with Crippen LogP contribution in [0, 0.1) is 6.92 Å². The summed E-state index contributed by atoms with van der Waals surface area (Å²) in [4.78, 5) is 4.27. The fraction of sp³-hybridized carbons (Fsp3) is 0.500. The summed E-state index contributed by atoms with van der Waals surface area (Å²) in [7, 11) is -3.83. The van der Waals surface area contributed by atoms with Crippen molar-refractivity contribution in [3.05, 3.63) is 22.5 Å². The molecule has 0 aliphatic rings. The molecule has 9 heteroatoms. The molecule has 2 heterocycles. The van der Waals surface area contributed by atoms with Crippen molar-refractivity contribution < 1.29 is 13.5 Å². The van der Waals surface area contributed by atoms with E-state index in [-0.39, 0.29) is 16.0 Å². The largest absolute Gasteiger partial charge is 0.390 e. The maximum atomic E-state index is 12.4. The Morgan fingerprint density at radius 2 is 2.10 bits per heavy atom. The van der Waals surface area contributed by atoms with Gasteiger partial charge >= 0.3 is 0 Å². The Kier molecular flexibility index (Phi) is 4.09. The number of anilines is 1. The van der Waals surface area contributed by atoms with Gasteiger partial charge in [0, 0.05) is 10.8 Å². The normalized spacial score (nSPS) is 12.6. The zero-order valence-electron chi connectivity index (χ0n) is 12.3. The van der Waals surface area contributed by atoms with Crippen LogP contribution in [0.5, 0.6) is 0 Å². The zero-order valence-corrected chi connectivity index (χ0v) is 13.9. The van der Waals surface area contributed by atoms with Gasteiger partial charge in [0.15, 0.2) is 5.13 Å². The molecular formula is C12H18N4O3S2. The van der Waals surface area contributed by atoms with Gasteiger partial charge in [-0.2, -0.15) is 5.10 Å². The van der Waals surface area contributed by atoms with Gasteiger partial charge in [-0.05, 0) is 6.92 Å². The fourth-order valence-electron chi connectivity index (χ4n) is 1.76. The van der Waals surface area contributed by atoms with Crippen molar-refractivity contribution in [1.29, 1.82) is 0 Å². The molecule has 0 spiro atoms. The van der Waals surface area contributed by atoms with Crippen molar-refractivity contribution in [3.63, 3.8) is 0 Å². The lowest BCUT2D eigenvalue weighted by atomic mass is 9.93. The molecule has 0 saturated heterocycles. The smallest absolute Gasteiger partial charge is 0.267 e. The maximum Gasteiger partial charge on any atom is 0.267 e. The van der Waals surface area contributed by atoms with Gasteiger partial charge < -0.3 is 5.11 Å². The highest BCUT2D eigenvalue weighted by molar-refractivity contribution is 7.93. The second-order valence-corrected chi connectivity index (χ2v) is 8.15. The number of nitrogens with one attached hydrogen (secondary N) is 2. The van der Waals surface area contributed by atoms with Crippen LogP contribution in [0.2, 0.25) is 0 Å². The van der Waals surface area contributed by atoms with Crippen molar-refractivity contribution in [2.75, 3.05) is 4.72 Å². The van der Waals surface area contributed by atoms with Gasteiger partial charge in [0.1, 0.15) is 10.6 Å². The second-order valence-electron chi connectivity index (χ2n) is 5.68. The van der Waals surface area contributed by atoms with E-state index in [9.17, 15) is 13.5 Å². The van der Waals surface area contributed by atoms with Gasteiger partial charge in [-0.1, -0.05) is 20.8 Å². The van der Waals surface area contributed by atoms with Crippen LogP contribution in [0.15, 0.2) is 10.3 Å². The number of sulfonamides is 1. The summed E-state index contributed by atoms with van der Waals surface area (Å²) in [5.74, 6) is 0. The third kappa shape index (κ3) is 3.25. The number of aliphatic hydroxyl groups excluding tert-OH is 1. The lowest BCUT2D eigenvalue weighted by Crippen LogP contribution is -2.16. The van der Waals surface area contributed by atoms with Crippen molar-refractivity contribution in [1.82, 2.24) is 15.2 Å². The van der Waals surface area contributed by atoms with Crippen LogP contribution in [0.25, 0.3) is 0 Å². The van der Waals surface area contributed by atoms with Crippen molar-refractivity contribution in [2.45, 2.75) is 44.6 Å². The van der Waals surface area contributed by atoms with E-state index in [4.69, 9.17) is 0 Å². The Bertz CT molecular complexity index is 741. The molecule has 2 aromatic rings. The second kappa shape index (κ2) is 5.39. The molecule has 0 atom stereocenters. The monoisotopic (exact) mass is 330 g/mol. The predicted octanol–water partition coefficient (Wildman–Crippen LogP) is 1.77. The Balaban J connectivity index is 2.34. The summed E-state index contributed by atoms with van der Waals surface area (Å²) in [5, 5.41) is 17.6. The quantitative estimate of drug-likeness (QED) is 0.792. The van der Waals surface area contributed by atoms with Gasteiger partial charge in [-0.15, -0.1) is 11.3 Å². The molecule has 116 valence electrons. The molecule has 2 rings (SSSR count). The number of hydrogen-bond acceptors (Lipinski definition) is 6. The van der Waals surface area contributed by atoms with Gasteiger partial charge in [0.2, 0.25) is 0 Å². The number of thiazole rings is 1. The van der Waals surface area contributed by atoms with E-state index in [0.29, 0.717) is 10.8 Å². The van der Waals surface area contributed by atoms with E-state index < -0.39 is 16.6 Å². The van der Waals surface area contributed by atoms with Gasteiger partial charge in [0.05, 0.1) is 18.0 Å². The Morgan fingerprint density at radius 1 is 1.43 bits per heavy atom. The van der Waals surface area contributed by atoms with Gasteiger partial charge in [0.25, 0.3) is 10.0 Å². The average Bonchev–Trinajstić information content (AvgIpc) is 2.94. The van der Waals surface area contributed by atoms with E-state index >= 15 is 0 Å². The Morgan fingerprint density at radius 3 is 2.62 bits per heavy atom. The first-order chi connectivity index (χ1) is 9.65. The summed E-state index contributed by atoms with van der Waals surface area (Å²) in [6.07, 6.45) is 0. The molecule has 3 N–H and O–H groups in total. The number of aromatic nitrogens is 3. The Labute approximate surface area is 127 Å². The molecule has 0 amide bonds. The number of aryl methyl sites for hydroxylation is 1. The minimum atomic E-state index is -3.83. The number of rotatable bonds is 4. The summed E-state index contributed by atoms with van der Waals surface area (Å²) in [5.41, 5.74) is 1.13. The van der Waals surface area contributed by atoms with Crippen LogP contribution in [0.1, 0.15) is 37.9 Å². The van der Waals surface area contributed by atoms with Crippen molar-refractivity contribution >= 4 is 26.5 Å². The molecule has 0 radical (unpaired) electrons. The molecule has 21 heavy (non-hydrogen) atoms. The van der Waals surface area contributed by atoms with Crippen LogP contribution in [0.4, 0.5) is 5.13 Å². The highest BCUT2D eigenvalue weighted by Gasteiger charge is 2.26. The molecule has 0 fully saturated rings. The fourth-order valence-corrected chi connectivity index (χ4v) is 4.31. The first-order valence-corrected chi connectivity index (χ1v) is 8.65. The molecule has 0 unspecified atom stereocenters. The van der Waals surface area contributed by atoms with E-state index in [1.165, 1.54) is 11.3 Å². The first kappa shape index (κ1) is 15.9. The minimum absolute atomic E-state index is 0.0301. The van der Waals surface area contributed by atoms with E-state index in [1.807, 2.05) is 26.2 Å². The van der Waals surface area contributed by atoms with Crippen molar-refractivity contribution in [3.8, 4) is 0 Å². The molecular weight excluding hydrogens is 312 g/mol. The number of hydrogen-bond donors (Lipinski definition) is 3. The third-order valence-electron chi connectivity index (χ3n) is 2.87. The summed E-state index contributed by atoms with van der Waals surface area (Å²) < 4.78 is 27.3. The first-order valence-electron chi connectivity index (χ1n) is 6.28. The number of aliphatic hydroxyl groups is 1. The van der Waals surface area contributed by atoms with Crippen LogP contribution < -0.4 is 4.72 Å².